The zero-order chi connectivity index (χ0) is 9.23. The Morgan fingerprint density at radius 2 is 1.75 bits per heavy atom. The summed E-state index contributed by atoms with van der Waals surface area (Å²) >= 11 is 0. The van der Waals surface area contributed by atoms with E-state index in [0.29, 0.717) is 6.06 Å². The third kappa shape index (κ3) is 10.4. The van der Waals surface area contributed by atoms with Crippen molar-refractivity contribution in [1.82, 2.24) is 0 Å². The monoisotopic (exact) mass is 190 g/mol. The average Bonchev–Trinajstić information content (AvgIpc) is 2.02. The van der Waals surface area contributed by atoms with Crippen molar-refractivity contribution in [2.75, 3.05) is 12.2 Å². The second kappa shape index (κ2) is 9.50. The molecule has 12 heavy (non-hydrogen) atoms. The Kier molecular flexibility index (Phi) is 9.83. The molecular weight excluding hydrogens is 170 g/mol. The molecule has 1 atom stereocenters. The van der Waals surface area contributed by atoms with Crippen LogP contribution >= 0.6 is 8.58 Å². The number of hydrogen-bond donors (Lipinski definition) is 2. The Hall–Kier alpha value is 0.415. The van der Waals surface area contributed by atoms with E-state index in [4.69, 9.17) is 10.0 Å². The summed E-state index contributed by atoms with van der Waals surface area (Å²) in [6.45, 7) is 2.21. The van der Waals surface area contributed by atoms with E-state index in [1.807, 2.05) is 0 Å². The summed E-state index contributed by atoms with van der Waals surface area (Å²) in [6, 6.07) is 0.563. The van der Waals surface area contributed by atoms with Crippen molar-refractivity contribution in [3.8, 4) is 0 Å². The summed E-state index contributed by atoms with van der Waals surface area (Å²) in [4.78, 5) is 0. The highest BCUT2D eigenvalue weighted by molar-refractivity contribution is 7.40. The SMILES string of the molecule is CCCCCCCPCB(O)O. The molecule has 0 aliphatic rings. The molecule has 0 aromatic heterocycles. The van der Waals surface area contributed by atoms with Crippen molar-refractivity contribution in [1.29, 1.82) is 0 Å². The van der Waals surface area contributed by atoms with Gasteiger partial charge in [0.25, 0.3) is 0 Å². The fourth-order valence-corrected chi connectivity index (χ4v) is 2.05. The molecule has 2 nitrogen and oxygen atoms in total. The molecule has 0 aromatic rings. The lowest BCUT2D eigenvalue weighted by atomic mass is 9.98. The maximum Gasteiger partial charge on any atom is 0.455 e. The molecule has 0 aliphatic carbocycles. The molecule has 0 rings (SSSR count). The van der Waals surface area contributed by atoms with Crippen LogP contribution in [0.15, 0.2) is 0 Å². The Morgan fingerprint density at radius 3 is 2.33 bits per heavy atom. The molecule has 0 saturated carbocycles. The molecule has 0 radical (unpaired) electrons. The van der Waals surface area contributed by atoms with Gasteiger partial charge in [0.2, 0.25) is 0 Å². The quantitative estimate of drug-likeness (QED) is 0.347. The third-order valence-electron chi connectivity index (χ3n) is 1.78. The predicted octanol–water partition coefficient (Wildman–Crippen LogP) is 1.65. The van der Waals surface area contributed by atoms with Crippen LogP contribution in [0.4, 0.5) is 0 Å². The molecule has 1 unspecified atom stereocenters. The Morgan fingerprint density at radius 1 is 1.08 bits per heavy atom. The number of rotatable bonds is 8. The summed E-state index contributed by atoms with van der Waals surface area (Å²) in [6.07, 6.45) is 7.70. The van der Waals surface area contributed by atoms with Gasteiger partial charge in [-0.25, -0.2) is 0 Å². The van der Waals surface area contributed by atoms with E-state index in [0.717, 1.165) is 8.58 Å². The first-order valence-electron chi connectivity index (χ1n) is 4.84. The van der Waals surface area contributed by atoms with Crippen molar-refractivity contribution in [3.63, 3.8) is 0 Å². The van der Waals surface area contributed by atoms with Gasteiger partial charge in [-0.3, -0.25) is 0 Å². The fourth-order valence-electron chi connectivity index (χ4n) is 1.08. The van der Waals surface area contributed by atoms with E-state index < -0.39 is 7.12 Å². The van der Waals surface area contributed by atoms with Gasteiger partial charge in [-0.05, 0) is 18.6 Å². The molecule has 0 aliphatic heterocycles. The molecule has 4 heteroatoms. The topological polar surface area (TPSA) is 40.5 Å². The van der Waals surface area contributed by atoms with Crippen molar-refractivity contribution < 1.29 is 10.0 Å². The molecule has 0 aromatic carbocycles. The highest BCUT2D eigenvalue weighted by Crippen LogP contribution is 2.13. The molecule has 72 valence electrons. The average molecular weight is 190 g/mol. The molecule has 0 spiro atoms. The predicted molar refractivity (Wildman–Crippen MR) is 57.0 cm³/mol. The van der Waals surface area contributed by atoms with Crippen LogP contribution in [0.3, 0.4) is 0 Å². The molecule has 2 N–H and O–H groups in total. The largest absolute Gasteiger partial charge is 0.455 e. The first-order valence-corrected chi connectivity index (χ1v) is 6.25. The summed E-state index contributed by atoms with van der Waals surface area (Å²) < 4.78 is 0. The highest BCUT2D eigenvalue weighted by Gasteiger charge is 2.03. The van der Waals surface area contributed by atoms with E-state index in [-0.39, 0.29) is 0 Å². The zero-order valence-corrected chi connectivity index (χ0v) is 8.92. The van der Waals surface area contributed by atoms with Gasteiger partial charge in [0.1, 0.15) is 0 Å². The van der Waals surface area contributed by atoms with Crippen LogP contribution in [0.2, 0.25) is 0 Å². The highest BCUT2D eigenvalue weighted by atomic mass is 31.1. The van der Waals surface area contributed by atoms with Crippen LogP contribution in [-0.2, 0) is 0 Å². The second-order valence-corrected chi connectivity index (χ2v) is 4.51. The maximum absolute atomic E-state index is 8.56. The minimum atomic E-state index is -1.08. The van der Waals surface area contributed by atoms with Gasteiger partial charge >= 0.3 is 7.12 Å². The van der Waals surface area contributed by atoms with E-state index in [1.54, 1.807) is 0 Å². The number of hydrogen-bond acceptors (Lipinski definition) is 2. The second-order valence-electron chi connectivity index (χ2n) is 3.10. The van der Waals surface area contributed by atoms with Gasteiger partial charge < -0.3 is 10.0 Å². The van der Waals surface area contributed by atoms with Crippen molar-refractivity contribution >= 4 is 15.7 Å². The smallest absolute Gasteiger partial charge is 0.427 e. The van der Waals surface area contributed by atoms with Gasteiger partial charge in [-0.2, -0.15) is 0 Å². The van der Waals surface area contributed by atoms with E-state index >= 15 is 0 Å². The zero-order valence-electron chi connectivity index (χ0n) is 7.92. The van der Waals surface area contributed by atoms with Crippen LogP contribution in [-0.4, -0.2) is 29.4 Å². The summed E-state index contributed by atoms with van der Waals surface area (Å²) in [5, 5.41) is 17.1. The van der Waals surface area contributed by atoms with Crippen LogP contribution in [0.1, 0.15) is 39.0 Å². The third-order valence-corrected chi connectivity index (χ3v) is 3.14. The van der Waals surface area contributed by atoms with Gasteiger partial charge in [0.15, 0.2) is 0 Å². The number of unbranched alkanes of at least 4 members (excludes halogenated alkanes) is 4. The van der Waals surface area contributed by atoms with Gasteiger partial charge in [0, 0.05) is 0 Å². The standard InChI is InChI=1S/C8H20BO2P/c1-2-3-4-5-6-7-12-8-9(10)11/h10-12H,2-8H2,1H3. The summed E-state index contributed by atoms with van der Waals surface area (Å²) in [5.74, 6) is 0. The molecular formula is C8H20BO2P. The lowest BCUT2D eigenvalue weighted by Gasteiger charge is -2.00. The Balaban J connectivity index is 2.82. The van der Waals surface area contributed by atoms with Crippen molar-refractivity contribution in [3.05, 3.63) is 0 Å². The lowest BCUT2D eigenvalue weighted by molar-refractivity contribution is 0.415. The molecule has 0 amide bonds. The van der Waals surface area contributed by atoms with E-state index in [2.05, 4.69) is 6.92 Å². The fraction of sp³-hybridized carbons (Fsp3) is 1.00. The van der Waals surface area contributed by atoms with Crippen LogP contribution < -0.4 is 0 Å². The maximum atomic E-state index is 8.56. The summed E-state index contributed by atoms with van der Waals surface area (Å²) in [7, 11) is -0.360. The van der Waals surface area contributed by atoms with Gasteiger partial charge in [-0.1, -0.05) is 32.6 Å². The first-order chi connectivity index (χ1) is 5.77. The Bertz CT molecular complexity index is 91.1. The molecule has 0 bridgehead atoms. The van der Waals surface area contributed by atoms with Gasteiger partial charge in [-0.15, -0.1) is 8.58 Å². The van der Waals surface area contributed by atoms with Crippen LogP contribution in [0.25, 0.3) is 0 Å². The van der Waals surface area contributed by atoms with Gasteiger partial charge in [0.05, 0.1) is 0 Å². The summed E-state index contributed by atoms with van der Waals surface area (Å²) in [5.41, 5.74) is 0. The minimum Gasteiger partial charge on any atom is -0.427 e. The lowest BCUT2D eigenvalue weighted by Crippen LogP contribution is -2.13. The van der Waals surface area contributed by atoms with Crippen molar-refractivity contribution in [2.24, 2.45) is 0 Å². The molecule has 0 fully saturated rings. The van der Waals surface area contributed by atoms with E-state index in [1.165, 1.54) is 38.3 Å². The minimum absolute atomic E-state index is 0.563. The molecule has 0 saturated heterocycles. The molecule has 0 heterocycles. The van der Waals surface area contributed by atoms with Crippen LogP contribution in [0.5, 0.6) is 0 Å². The van der Waals surface area contributed by atoms with Crippen LogP contribution in [0, 0.1) is 0 Å². The van der Waals surface area contributed by atoms with E-state index in [9.17, 15) is 0 Å². The Labute approximate surface area is 77.7 Å². The van der Waals surface area contributed by atoms with Crippen molar-refractivity contribution in [2.45, 2.75) is 39.0 Å². The normalized spacial score (nSPS) is 11.2. The first kappa shape index (κ1) is 12.4.